The van der Waals surface area contributed by atoms with Gasteiger partial charge in [0.15, 0.2) is 0 Å². The van der Waals surface area contributed by atoms with Crippen LogP contribution in [0.4, 0.5) is 0 Å². The van der Waals surface area contributed by atoms with E-state index in [0.717, 1.165) is 23.5 Å². The Balaban J connectivity index is 2.72. The number of hydrogen-bond acceptors (Lipinski definition) is 6. The summed E-state index contributed by atoms with van der Waals surface area (Å²) in [5, 5.41) is 38.1. The second-order valence-electron chi connectivity index (χ2n) is 3.69. The monoisotopic (exact) mass is 276 g/mol. The summed E-state index contributed by atoms with van der Waals surface area (Å²) < 4.78 is 0. The number of benzene rings is 1. The first kappa shape index (κ1) is 12.7. The van der Waals surface area contributed by atoms with Crippen molar-refractivity contribution in [2.45, 2.75) is 23.6 Å². The molecule has 90 valence electrons. The maximum absolute atomic E-state index is 10.1. The number of phenolic OH excluding ortho intramolecular Hbond substituents is 2. The van der Waals surface area contributed by atoms with Crippen LogP contribution in [-0.2, 0) is 0 Å². The highest BCUT2D eigenvalue weighted by molar-refractivity contribution is 8.09. The molecule has 0 saturated carbocycles. The molecule has 0 aromatic heterocycles. The van der Waals surface area contributed by atoms with Crippen molar-refractivity contribution in [1.29, 1.82) is 10.5 Å². The first-order valence-corrected chi connectivity index (χ1v) is 6.59. The quantitative estimate of drug-likeness (QED) is 0.707. The Hall–Kier alpha value is -1.76. The average Bonchev–Trinajstić information content (AvgIpc) is 2.41. The van der Waals surface area contributed by atoms with E-state index < -0.39 is 0 Å². The number of rotatable bonds is 0. The van der Waals surface area contributed by atoms with Gasteiger partial charge in [0, 0.05) is 0 Å². The fourth-order valence-electron chi connectivity index (χ4n) is 1.54. The molecule has 1 aliphatic rings. The fourth-order valence-corrected chi connectivity index (χ4v) is 3.70. The summed E-state index contributed by atoms with van der Waals surface area (Å²) in [6.45, 7) is 3.40. The lowest BCUT2D eigenvalue weighted by atomic mass is 10.1. The molecule has 0 unspecified atom stereocenters. The van der Waals surface area contributed by atoms with Crippen molar-refractivity contribution < 1.29 is 10.2 Å². The van der Waals surface area contributed by atoms with Gasteiger partial charge in [0.2, 0.25) is 0 Å². The number of allylic oxidation sites excluding steroid dienone is 2. The van der Waals surface area contributed by atoms with Gasteiger partial charge in [0.05, 0.1) is 9.79 Å². The van der Waals surface area contributed by atoms with Gasteiger partial charge < -0.3 is 10.2 Å². The lowest BCUT2D eigenvalue weighted by Crippen LogP contribution is -1.96. The molecular formula is C12H8N2O2S2. The SMILES string of the molecule is Cc1c(C)c(O)c2c(c1O)SC(C#N)=C(C#N)S2. The summed E-state index contributed by atoms with van der Waals surface area (Å²) in [5.74, 6) is 0.116. The predicted octanol–water partition coefficient (Wildman–Crippen LogP) is 3.17. The Morgan fingerprint density at radius 2 is 1.17 bits per heavy atom. The van der Waals surface area contributed by atoms with Crippen molar-refractivity contribution in [2.75, 3.05) is 0 Å². The van der Waals surface area contributed by atoms with Crippen molar-refractivity contribution in [1.82, 2.24) is 0 Å². The zero-order valence-electron chi connectivity index (χ0n) is 9.61. The van der Waals surface area contributed by atoms with Crippen LogP contribution in [0.5, 0.6) is 11.5 Å². The number of hydrogen-bond donors (Lipinski definition) is 2. The lowest BCUT2D eigenvalue weighted by Gasteiger charge is -2.20. The first-order valence-electron chi connectivity index (χ1n) is 4.96. The van der Waals surface area contributed by atoms with E-state index in [1.807, 2.05) is 12.1 Å². The summed E-state index contributed by atoms with van der Waals surface area (Å²) in [5.41, 5.74) is 1.16. The minimum Gasteiger partial charge on any atom is -0.506 e. The fraction of sp³-hybridized carbons (Fsp3) is 0.167. The Morgan fingerprint density at radius 1 is 0.833 bits per heavy atom. The van der Waals surface area contributed by atoms with Crippen LogP contribution in [0.3, 0.4) is 0 Å². The van der Waals surface area contributed by atoms with Crippen LogP contribution in [-0.4, -0.2) is 10.2 Å². The van der Waals surface area contributed by atoms with Gasteiger partial charge in [0.1, 0.15) is 33.4 Å². The molecule has 18 heavy (non-hydrogen) atoms. The molecule has 1 aliphatic heterocycles. The van der Waals surface area contributed by atoms with Crippen molar-refractivity contribution >= 4 is 23.5 Å². The molecule has 1 heterocycles. The molecule has 0 saturated heterocycles. The van der Waals surface area contributed by atoms with E-state index in [-0.39, 0.29) is 21.3 Å². The van der Waals surface area contributed by atoms with Crippen molar-refractivity contribution in [2.24, 2.45) is 0 Å². The minimum atomic E-state index is 0.0579. The summed E-state index contributed by atoms with van der Waals surface area (Å²) in [7, 11) is 0. The van der Waals surface area contributed by atoms with E-state index in [4.69, 9.17) is 10.5 Å². The summed E-state index contributed by atoms with van der Waals surface area (Å²) in [6, 6.07) is 3.87. The van der Waals surface area contributed by atoms with Gasteiger partial charge >= 0.3 is 0 Å². The molecule has 0 spiro atoms. The van der Waals surface area contributed by atoms with Crippen LogP contribution in [0.25, 0.3) is 0 Å². The number of thioether (sulfide) groups is 2. The molecule has 0 bridgehead atoms. The molecule has 2 N–H and O–H groups in total. The predicted molar refractivity (Wildman–Crippen MR) is 69.2 cm³/mol. The van der Waals surface area contributed by atoms with Crippen LogP contribution in [0.15, 0.2) is 19.6 Å². The van der Waals surface area contributed by atoms with Crippen molar-refractivity contribution in [3.05, 3.63) is 20.9 Å². The van der Waals surface area contributed by atoms with E-state index in [2.05, 4.69) is 0 Å². The number of nitriles is 2. The topological polar surface area (TPSA) is 88.0 Å². The lowest BCUT2D eigenvalue weighted by molar-refractivity contribution is 0.428. The van der Waals surface area contributed by atoms with Gasteiger partial charge in [-0.2, -0.15) is 10.5 Å². The maximum Gasteiger partial charge on any atom is 0.134 e. The largest absolute Gasteiger partial charge is 0.506 e. The molecule has 0 aliphatic carbocycles. The van der Waals surface area contributed by atoms with E-state index in [0.29, 0.717) is 20.9 Å². The molecule has 2 rings (SSSR count). The van der Waals surface area contributed by atoms with E-state index in [1.165, 1.54) is 0 Å². The number of nitrogens with zero attached hydrogens (tertiary/aromatic N) is 2. The van der Waals surface area contributed by atoms with Crippen molar-refractivity contribution in [3.63, 3.8) is 0 Å². The van der Waals surface area contributed by atoms with Crippen LogP contribution in [0.1, 0.15) is 11.1 Å². The normalized spacial score (nSPS) is 13.8. The number of aromatic hydroxyl groups is 2. The molecule has 0 fully saturated rings. The Bertz CT molecular complexity index is 609. The van der Waals surface area contributed by atoms with Crippen molar-refractivity contribution in [3.8, 4) is 23.6 Å². The summed E-state index contributed by atoms with van der Waals surface area (Å²) >= 11 is 2.04. The van der Waals surface area contributed by atoms with Crippen LogP contribution < -0.4 is 0 Å². The first-order chi connectivity index (χ1) is 8.51. The van der Waals surface area contributed by atoms with Gasteiger partial charge in [0.25, 0.3) is 0 Å². The van der Waals surface area contributed by atoms with Gasteiger partial charge in [-0.15, -0.1) is 0 Å². The summed E-state index contributed by atoms with van der Waals surface area (Å²) in [4.78, 5) is 1.37. The van der Waals surface area contributed by atoms with Crippen LogP contribution in [0, 0.1) is 36.5 Å². The third kappa shape index (κ3) is 1.71. The molecule has 0 atom stereocenters. The molecule has 1 aromatic carbocycles. The Morgan fingerprint density at radius 3 is 1.44 bits per heavy atom. The Kier molecular flexibility index (Phi) is 3.16. The highest BCUT2D eigenvalue weighted by Crippen LogP contribution is 2.55. The molecule has 4 nitrogen and oxygen atoms in total. The van der Waals surface area contributed by atoms with Gasteiger partial charge in [-0.1, -0.05) is 23.5 Å². The minimum absolute atomic E-state index is 0.0579. The second kappa shape index (κ2) is 4.49. The number of phenols is 2. The smallest absolute Gasteiger partial charge is 0.134 e. The van der Waals surface area contributed by atoms with Gasteiger partial charge in [-0.05, 0) is 25.0 Å². The zero-order chi connectivity index (χ0) is 13.4. The van der Waals surface area contributed by atoms with E-state index in [9.17, 15) is 10.2 Å². The molecule has 0 amide bonds. The molecular weight excluding hydrogens is 268 g/mol. The van der Waals surface area contributed by atoms with Crippen LogP contribution >= 0.6 is 23.5 Å². The highest BCUT2D eigenvalue weighted by Gasteiger charge is 2.28. The van der Waals surface area contributed by atoms with E-state index >= 15 is 0 Å². The second-order valence-corrected chi connectivity index (χ2v) is 5.73. The van der Waals surface area contributed by atoms with Crippen LogP contribution in [0.2, 0.25) is 0 Å². The average molecular weight is 276 g/mol. The van der Waals surface area contributed by atoms with E-state index in [1.54, 1.807) is 13.8 Å². The van der Waals surface area contributed by atoms with Gasteiger partial charge in [-0.25, -0.2) is 0 Å². The molecule has 0 radical (unpaired) electrons. The number of fused-ring (bicyclic) bond motifs is 1. The Labute approximate surface area is 113 Å². The molecule has 1 aromatic rings. The summed E-state index contributed by atoms with van der Waals surface area (Å²) in [6.07, 6.45) is 0. The third-order valence-corrected chi connectivity index (χ3v) is 5.19. The van der Waals surface area contributed by atoms with Gasteiger partial charge in [-0.3, -0.25) is 0 Å². The standard InChI is InChI=1S/C12H8N2O2S2/c1-5-6(2)10(16)12-11(9(5)15)17-7(3-13)8(4-14)18-12/h15-16H,1-2H3. The highest BCUT2D eigenvalue weighted by atomic mass is 32.2. The maximum atomic E-state index is 10.1. The molecule has 6 heteroatoms. The zero-order valence-corrected chi connectivity index (χ0v) is 11.2. The third-order valence-electron chi connectivity index (χ3n) is 2.73.